The number of rotatable bonds is 12. The van der Waals surface area contributed by atoms with Crippen molar-refractivity contribution in [2.45, 2.75) is 119 Å². The molecule has 0 atom stereocenters. The maximum absolute atomic E-state index is 6.92. The van der Waals surface area contributed by atoms with Gasteiger partial charge < -0.3 is 13.7 Å². The van der Waals surface area contributed by atoms with Crippen LogP contribution in [0.4, 0.5) is 0 Å². The molecule has 11 rings (SSSR count). The molecule has 0 spiro atoms. The third kappa shape index (κ3) is 8.55. The van der Waals surface area contributed by atoms with E-state index in [1.807, 2.05) is 30.5 Å². The van der Waals surface area contributed by atoms with Gasteiger partial charge in [0, 0.05) is 40.5 Å². The minimum atomic E-state index is 0. The Balaban J connectivity index is 0.00000626. The molecule has 0 aliphatic carbocycles. The molecule has 7 aromatic carbocycles. The van der Waals surface area contributed by atoms with Gasteiger partial charge in [0.2, 0.25) is 0 Å². The SMILES string of the molecule is CC(C)c1cccc(C(C)C)c1-c1cc(-c2c(C(C)C)cccc2C(C)C)c2c3ccc(Oc4[c-]c5c(cc4)c4ccccc4n5-c4ccccn4)[c-]c3c3ncc(-c4c(C(C)C)cccc4C(C)C)n3c2c1.[Pt+2]. The van der Waals surface area contributed by atoms with E-state index in [4.69, 9.17) is 14.7 Å². The van der Waals surface area contributed by atoms with Gasteiger partial charge in [0.15, 0.2) is 0 Å². The van der Waals surface area contributed by atoms with Crippen LogP contribution < -0.4 is 4.74 Å². The van der Waals surface area contributed by atoms with E-state index in [0.717, 1.165) is 55.3 Å². The van der Waals surface area contributed by atoms with E-state index in [2.05, 4.69) is 220 Å². The van der Waals surface area contributed by atoms with Crippen LogP contribution in [0.25, 0.3) is 88.5 Å². The van der Waals surface area contributed by atoms with Crippen molar-refractivity contribution in [1.82, 2.24) is 18.9 Å². The standard InChI is InChI=1S/C68H66N4O.Pt/c1-39(2)48-21-17-22-49(40(3)4)64(48)45-34-58(65-50(41(5)6)23-18-24-51(65)42(7)8)67-56-32-30-46(73-47-29-31-55-54-20-13-14-27-59(54)71(60(55)37-47)63-28-15-16-33-69-63)36-57(56)68-70-38-62(72(68)61(67)35-45)66-52(43(9)10)25-19-26-53(66)44(11)12;/h13-35,38-44H,1-12H3;/q-2;+2. The zero-order valence-corrected chi connectivity index (χ0v) is 47.1. The number of hydrogen-bond donors (Lipinski definition) is 0. The first-order valence-electron chi connectivity index (χ1n) is 26.5. The summed E-state index contributed by atoms with van der Waals surface area (Å²) in [6.45, 7) is 27.9. The number of ether oxygens (including phenoxy) is 1. The van der Waals surface area contributed by atoms with Gasteiger partial charge in [-0.15, -0.1) is 29.7 Å². The Morgan fingerprint density at radius 1 is 0.459 bits per heavy atom. The van der Waals surface area contributed by atoms with Crippen molar-refractivity contribution >= 4 is 49.1 Å². The molecule has 0 saturated heterocycles. The van der Waals surface area contributed by atoms with Crippen molar-refractivity contribution in [1.29, 1.82) is 0 Å². The second kappa shape index (κ2) is 20.1. The summed E-state index contributed by atoms with van der Waals surface area (Å²) >= 11 is 0. The van der Waals surface area contributed by atoms with E-state index in [-0.39, 0.29) is 44.7 Å². The topological polar surface area (TPSA) is 44.3 Å². The molecule has 74 heavy (non-hydrogen) atoms. The van der Waals surface area contributed by atoms with Gasteiger partial charge in [-0.2, -0.15) is 6.07 Å². The monoisotopic (exact) mass is 1150 g/mol. The number of hydrogen-bond acceptors (Lipinski definition) is 3. The predicted molar refractivity (Wildman–Crippen MR) is 307 cm³/mol. The third-order valence-corrected chi connectivity index (χ3v) is 15.1. The number of aromatic nitrogens is 4. The minimum absolute atomic E-state index is 0. The molecule has 6 heteroatoms. The molecule has 0 amide bonds. The minimum Gasteiger partial charge on any atom is -0.503 e. The molecule has 0 bridgehead atoms. The van der Waals surface area contributed by atoms with Crippen molar-refractivity contribution in [3.63, 3.8) is 0 Å². The fraction of sp³-hybridized carbons (Fsp3) is 0.265. The van der Waals surface area contributed by atoms with Gasteiger partial charge in [-0.05, 0) is 132 Å². The summed E-state index contributed by atoms with van der Waals surface area (Å²) in [6.07, 6.45) is 3.96. The van der Waals surface area contributed by atoms with Gasteiger partial charge in [-0.25, -0.2) is 4.98 Å². The van der Waals surface area contributed by atoms with Gasteiger partial charge >= 0.3 is 21.1 Å². The van der Waals surface area contributed by atoms with Crippen LogP contribution in [-0.2, 0) is 21.1 Å². The molecule has 0 unspecified atom stereocenters. The first-order chi connectivity index (χ1) is 35.2. The number of para-hydroxylation sites is 1. The Labute approximate surface area is 451 Å². The van der Waals surface area contributed by atoms with Crippen LogP contribution in [0.3, 0.4) is 0 Å². The second-order valence-corrected chi connectivity index (χ2v) is 21.9. The fourth-order valence-corrected chi connectivity index (χ4v) is 11.7. The van der Waals surface area contributed by atoms with E-state index >= 15 is 0 Å². The molecule has 0 fully saturated rings. The van der Waals surface area contributed by atoms with Gasteiger partial charge in [0.25, 0.3) is 0 Å². The zero-order chi connectivity index (χ0) is 51.0. The molecule has 0 radical (unpaired) electrons. The fourth-order valence-electron chi connectivity index (χ4n) is 11.7. The zero-order valence-electron chi connectivity index (χ0n) is 44.8. The molecule has 0 saturated carbocycles. The first-order valence-corrected chi connectivity index (χ1v) is 26.5. The molecule has 374 valence electrons. The Hall–Kier alpha value is -6.81. The summed E-state index contributed by atoms with van der Waals surface area (Å²) in [5.74, 6) is 3.78. The number of pyridine rings is 2. The van der Waals surface area contributed by atoms with E-state index in [0.29, 0.717) is 23.3 Å². The molecular formula is C68H66N4OPt. The maximum Gasteiger partial charge on any atom is 2.00 e. The van der Waals surface area contributed by atoms with Crippen LogP contribution >= 0.6 is 0 Å². The van der Waals surface area contributed by atoms with Crippen LogP contribution in [0.2, 0.25) is 0 Å². The maximum atomic E-state index is 6.92. The largest absolute Gasteiger partial charge is 2.00 e. The summed E-state index contributed by atoms with van der Waals surface area (Å²) in [6, 6.07) is 56.3. The van der Waals surface area contributed by atoms with E-state index in [9.17, 15) is 0 Å². The summed E-state index contributed by atoms with van der Waals surface area (Å²) in [4.78, 5) is 10.2. The quantitative estimate of drug-likeness (QED) is 0.0904. The average molecular weight is 1150 g/mol. The van der Waals surface area contributed by atoms with Gasteiger partial charge in [-0.3, -0.25) is 4.98 Å². The Bertz CT molecular complexity index is 3830. The number of benzene rings is 7. The van der Waals surface area contributed by atoms with Crippen LogP contribution in [0.5, 0.6) is 11.5 Å². The second-order valence-electron chi connectivity index (χ2n) is 21.9. The summed E-state index contributed by atoms with van der Waals surface area (Å²) in [5, 5.41) is 5.39. The smallest absolute Gasteiger partial charge is 0.503 e. The van der Waals surface area contributed by atoms with Gasteiger partial charge in [-0.1, -0.05) is 184 Å². The molecule has 5 nitrogen and oxygen atoms in total. The molecule has 0 aliphatic heterocycles. The number of fused-ring (bicyclic) bond motifs is 9. The van der Waals surface area contributed by atoms with Crippen molar-refractivity contribution in [2.24, 2.45) is 0 Å². The van der Waals surface area contributed by atoms with Crippen LogP contribution in [0, 0.1) is 12.1 Å². The van der Waals surface area contributed by atoms with E-state index in [1.54, 1.807) is 0 Å². The normalized spacial score (nSPS) is 12.1. The van der Waals surface area contributed by atoms with E-state index < -0.39 is 0 Å². The Morgan fingerprint density at radius 2 is 0.986 bits per heavy atom. The summed E-state index contributed by atoms with van der Waals surface area (Å²) < 4.78 is 11.6. The van der Waals surface area contributed by atoms with Crippen LogP contribution in [0.1, 0.15) is 152 Å². The molecule has 0 N–H and O–H groups in total. The van der Waals surface area contributed by atoms with Gasteiger partial charge in [0.1, 0.15) is 5.82 Å². The molecular weight excluding hydrogens is 1080 g/mol. The summed E-state index contributed by atoms with van der Waals surface area (Å²) in [5.41, 5.74) is 19.4. The van der Waals surface area contributed by atoms with Crippen molar-refractivity contribution < 1.29 is 25.8 Å². The van der Waals surface area contributed by atoms with E-state index in [1.165, 1.54) is 66.6 Å². The summed E-state index contributed by atoms with van der Waals surface area (Å²) in [7, 11) is 0. The van der Waals surface area contributed by atoms with Crippen LogP contribution in [-0.4, -0.2) is 18.9 Å². The predicted octanol–water partition coefficient (Wildman–Crippen LogP) is 19.3. The Morgan fingerprint density at radius 3 is 1.55 bits per heavy atom. The number of imidazole rings is 1. The third-order valence-electron chi connectivity index (χ3n) is 15.1. The average Bonchev–Trinajstić information content (AvgIpc) is 3.99. The Kier molecular flexibility index (Phi) is 13.8. The van der Waals surface area contributed by atoms with Crippen molar-refractivity contribution in [3.8, 4) is 50.8 Å². The van der Waals surface area contributed by atoms with Crippen molar-refractivity contribution in [2.75, 3.05) is 0 Å². The van der Waals surface area contributed by atoms with Crippen molar-refractivity contribution in [3.05, 3.63) is 191 Å². The molecule has 11 aromatic rings. The van der Waals surface area contributed by atoms with Gasteiger partial charge in [0.05, 0.1) is 11.3 Å². The molecule has 4 aromatic heterocycles. The van der Waals surface area contributed by atoms with Crippen LogP contribution in [0.15, 0.2) is 146 Å². The number of nitrogens with zero attached hydrogens (tertiary/aromatic N) is 4. The molecule has 0 aliphatic rings. The molecule has 4 heterocycles. The first kappa shape index (κ1) is 50.7.